The van der Waals surface area contributed by atoms with Crippen molar-refractivity contribution in [2.24, 2.45) is 12.8 Å². The number of hydrogen-bond acceptors (Lipinski definition) is 4. The smallest absolute Gasteiger partial charge is 0.396 e. The molecule has 5 nitrogen and oxygen atoms in total. The zero-order valence-corrected chi connectivity index (χ0v) is 14.1. The van der Waals surface area contributed by atoms with Gasteiger partial charge in [-0.2, -0.15) is 18.3 Å². The molecule has 0 atom stereocenters. The second kappa shape index (κ2) is 8.82. The first-order valence-corrected chi connectivity index (χ1v) is 7.00. The normalized spacial score (nSPS) is 12.0. The van der Waals surface area contributed by atoms with Crippen molar-refractivity contribution >= 4 is 12.4 Å². The number of benzene rings is 1. The van der Waals surface area contributed by atoms with Gasteiger partial charge in [0.1, 0.15) is 18.8 Å². The van der Waals surface area contributed by atoms with Crippen molar-refractivity contribution < 1.29 is 22.3 Å². The molecule has 0 fully saturated rings. The van der Waals surface area contributed by atoms with E-state index in [1.165, 1.54) is 11.7 Å². The van der Waals surface area contributed by atoms with E-state index in [1.807, 2.05) is 0 Å². The number of aromatic nitrogens is 3. The summed E-state index contributed by atoms with van der Waals surface area (Å²) in [5.41, 5.74) is 6.22. The Bertz CT molecular complexity index is 713. The number of rotatable bonds is 6. The summed E-state index contributed by atoms with van der Waals surface area (Å²) in [6, 6.07) is 6.50. The van der Waals surface area contributed by atoms with Gasteiger partial charge in [0.15, 0.2) is 11.6 Å². The molecule has 10 heteroatoms. The van der Waals surface area contributed by atoms with E-state index in [0.717, 1.165) is 0 Å². The van der Waals surface area contributed by atoms with Crippen LogP contribution >= 0.6 is 12.4 Å². The van der Waals surface area contributed by atoms with Gasteiger partial charge in [0.25, 0.3) is 0 Å². The van der Waals surface area contributed by atoms with E-state index in [0.29, 0.717) is 29.0 Å². The molecule has 0 unspecified atom stereocenters. The van der Waals surface area contributed by atoms with Crippen LogP contribution in [0.4, 0.5) is 17.6 Å². The summed E-state index contributed by atoms with van der Waals surface area (Å²) in [4.78, 5) is 3.91. The fraction of sp³-hybridized carbons (Fsp3) is 0.333. The van der Waals surface area contributed by atoms with Crippen LogP contribution in [0.25, 0.3) is 11.4 Å². The zero-order valence-electron chi connectivity index (χ0n) is 13.3. The van der Waals surface area contributed by atoms with Gasteiger partial charge in [-0.15, -0.1) is 12.4 Å². The fourth-order valence-electron chi connectivity index (χ4n) is 1.95. The third kappa shape index (κ3) is 6.02. The predicted molar refractivity (Wildman–Crippen MR) is 87.2 cm³/mol. The van der Waals surface area contributed by atoms with E-state index in [1.54, 1.807) is 24.3 Å². The van der Waals surface area contributed by atoms with Crippen LogP contribution in [0.2, 0.25) is 0 Å². The molecule has 0 aliphatic heterocycles. The standard InChI is InChI=1S/C15H16F4N4O.ClH/c1-23-14(21-13(22-23)6-15(17,18)19)11-2-4-12(5-3-11)24-9-10(7-16)8-20;/h2-5,7H,6,8-9,20H2,1H3;1H/b10-7+;. The lowest BCUT2D eigenvalue weighted by Gasteiger charge is -2.08. The molecule has 0 amide bonds. The van der Waals surface area contributed by atoms with Crippen LogP contribution in [0, 0.1) is 0 Å². The van der Waals surface area contributed by atoms with Gasteiger partial charge >= 0.3 is 6.18 Å². The molecular formula is C15H17ClF4N4O. The largest absolute Gasteiger partial charge is 0.489 e. The maximum absolute atomic E-state index is 12.4. The Hall–Kier alpha value is -2.13. The van der Waals surface area contributed by atoms with Crippen LogP contribution in [-0.2, 0) is 13.5 Å². The molecule has 1 aromatic heterocycles. The molecule has 2 aromatic rings. The summed E-state index contributed by atoms with van der Waals surface area (Å²) in [7, 11) is 1.52. The molecule has 0 aliphatic rings. The number of nitrogens with two attached hydrogens (primary N) is 1. The minimum atomic E-state index is -4.36. The maximum Gasteiger partial charge on any atom is 0.396 e. The molecule has 2 rings (SSSR count). The van der Waals surface area contributed by atoms with Gasteiger partial charge in [0, 0.05) is 24.7 Å². The number of hydrogen-bond donors (Lipinski definition) is 1. The monoisotopic (exact) mass is 380 g/mol. The second-order valence-electron chi connectivity index (χ2n) is 5.05. The maximum atomic E-state index is 12.4. The van der Waals surface area contributed by atoms with Crippen LogP contribution in [-0.4, -0.2) is 34.1 Å². The highest BCUT2D eigenvalue weighted by atomic mass is 35.5. The predicted octanol–water partition coefficient (Wildman–Crippen LogP) is 3.20. The van der Waals surface area contributed by atoms with Crippen LogP contribution in [0.5, 0.6) is 5.75 Å². The fourth-order valence-corrected chi connectivity index (χ4v) is 1.95. The van der Waals surface area contributed by atoms with E-state index < -0.39 is 12.6 Å². The molecular weight excluding hydrogens is 364 g/mol. The zero-order chi connectivity index (χ0) is 17.7. The highest BCUT2D eigenvalue weighted by Gasteiger charge is 2.30. The van der Waals surface area contributed by atoms with Crippen molar-refractivity contribution in [1.82, 2.24) is 14.8 Å². The molecule has 0 saturated heterocycles. The summed E-state index contributed by atoms with van der Waals surface area (Å²) < 4.78 is 56.2. The molecule has 0 saturated carbocycles. The van der Waals surface area contributed by atoms with E-state index in [-0.39, 0.29) is 31.4 Å². The van der Waals surface area contributed by atoms with E-state index in [9.17, 15) is 17.6 Å². The summed E-state index contributed by atoms with van der Waals surface area (Å²) in [6.07, 6.45) is -5.14. The third-order valence-corrected chi connectivity index (χ3v) is 3.12. The Labute approximate surface area is 147 Å². The number of aryl methyl sites for hydroxylation is 1. The Morgan fingerprint density at radius 2 is 1.92 bits per heavy atom. The topological polar surface area (TPSA) is 66.0 Å². The molecule has 0 spiro atoms. The summed E-state index contributed by atoms with van der Waals surface area (Å²) in [6.45, 7) is 0.0710. The first-order chi connectivity index (χ1) is 11.3. The van der Waals surface area contributed by atoms with Gasteiger partial charge in [-0.05, 0) is 24.3 Å². The van der Waals surface area contributed by atoms with Crippen LogP contribution in [0.15, 0.2) is 36.2 Å². The molecule has 138 valence electrons. The highest BCUT2D eigenvalue weighted by molar-refractivity contribution is 5.85. The average molecular weight is 381 g/mol. The van der Waals surface area contributed by atoms with Gasteiger partial charge in [0.05, 0.1) is 6.33 Å². The highest BCUT2D eigenvalue weighted by Crippen LogP contribution is 2.24. The van der Waals surface area contributed by atoms with Crippen LogP contribution in [0.1, 0.15) is 5.82 Å². The lowest BCUT2D eigenvalue weighted by molar-refractivity contribution is -0.128. The molecule has 0 bridgehead atoms. The molecule has 1 aromatic carbocycles. The van der Waals surface area contributed by atoms with E-state index >= 15 is 0 Å². The van der Waals surface area contributed by atoms with Crippen LogP contribution < -0.4 is 10.5 Å². The molecule has 2 N–H and O–H groups in total. The van der Waals surface area contributed by atoms with Crippen molar-refractivity contribution in [2.75, 3.05) is 13.2 Å². The van der Waals surface area contributed by atoms with E-state index in [2.05, 4.69) is 10.1 Å². The minimum Gasteiger partial charge on any atom is -0.489 e. The number of ether oxygens (including phenoxy) is 1. The van der Waals surface area contributed by atoms with Gasteiger partial charge in [-0.3, -0.25) is 0 Å². The second-order valence-corrected chi connectivity index (χ2v) is 5.05. The minimum absolute atomic E-state index is 0. The number of halogens is 5. The Balaban J connectivity index is 0.00000312. The van der Waals surface area contributed by atoms with Gasteiger partial charge in [-0.1, -0.05) is 0 Å². The first kappa shape index (κ1) is 20.9. The van der Waals surface area contributed by atoms with Crippen molar-refractivity contribution in [3.8, 4) is 17.1 Å². The number of alkyl halides is 3. The molecule has 25 heavy (non-hydrogen) atoms. The molecule has 0 radical (unpaired) electrons. The quantitative estimate of drug-likeness (QED) is 0.781. The van der Waals surface area contributed by atoms with Crippen molar-refractivity contribution in [1.29, 1.82) is 0 Å². The Morgan fingerprint density at radius 3 is 2.44 bits per heavy atom. The Kier molecular flexibility index (Phi) is 7.38. The van der Waals surface area contributed by atoms with Gasteiger partial charge in [0.2, 0.25) is 0 Å². The number of nitrogens with zero attached hydrogens (tertiary/aromatic N) is 3. The SMILES string of the molecule is Cl.Cn1nc(CC(F)(F)F)nc1-c1ccc(OC/C(=C/F)CN)cc1. The summed E-state index contributed by atoms with van der Waals surface area (Å²) in [5.74, 6) is 0.498. The molecule has 1 heterocycles. The average Bonchev–Trinajstić information content (AvgIpc) is 2.87. The summed E-state index contributed by atoms with van der Waals surface area (Å²) >= 11 is 0. The van der Waals surface area contributed by atoms with Crippen LogP contribution in [0.3, 0.4) is 0 Å². The lowest BCUT2D eigenvalue weighted by atomic mass is 10.2. The lowest BCUT2D eigenvalue weighted by Crippen LogP contribution is -2.12. The van der Waals surface area contributed by atoms with Crippen molar-refractivity contribution in [3.05, 3.63) is 42.0 Å². The van der Waals surface area contributed by atoms with E-state index in [4.69, 9.17) is 10.5 Å². The molecule has 0 aliphatic carbocycles. The summed E-state index contributed by atoms with van der Waals surface area (Å²) in [5, 5.41) is 3.77. The van der Waals surface area contributed by atoms with Gasteiger partial charge in [-0.25, -0.2) is 14.1 Å². The van der Waals surface area contributed by atoms with Crippen molar-refractivity contribution in [2.45, 2.75) is 12.6 Å². The van der Waals surface area contributed by atoms with Crippen molar-refractivity contribution in [3.63, 3.8) is 0 Å². The first-order valence-electron chi connectivity index (χ1n) is 7.00. The Morgan fingerprint density at radius 1 is 1.28 bits per heavy atom. The van der Waals surface area contributed by atoms with Gasteiger partial charge < -0.3 is 10.5 Å². The third-order valence-electron chi connectivity index (χ3n) is 3.12.